The van der Waals surface area contributed by atoms with Gasteiger partial charge in [-0.3, -0.25) is 9.69 Å². The number of carbonyl (C=O) groups excluding carboxylic acids is 1. The molecule has 1 heterocycles. The number of nitriles is 1. The highest BCUT2D eigenvalue weighted by atomic mass is 79.9. The summed E-state index contributed by atoms with van der Waals surface area (Å²) in [5.41, 5.74) is 13.6. The van der Waals surface area contributed by atoms with E-state index in [0.29, 0.717) is 36.4 Å². The number of hydrogen-bond donors (Lipinski definition) is 1. The summed E-state index contributed by atoms with van der Waals surface area (Å²) >= 11 is 7.00. The molecule has 0 radical (unpaired) electrons. The Labute approximate surface area is 239 Å². The number of nitrogens with two attached hydrogens (primary N) is 1. The summed E-state index contributed by atoms with van der Waals surface area (Å²) < 4.78 is 7.97. The first-order valence-electron chi connectivity index (χ1n) is 12.5. The molecule has 0 saturated heterocycles. The van der Waals surface area contributed by atoms with Crippen LogP contribution in [0.3, 0.4) is 0 Å². The van der Waals surface area contributed by atoms with E-state index in [9.17, 15) is 10.1 Å². The molecule has 0 spiro atoms. The molecule has 0 saturated carbocycles. The van der Waals surface area contributed by atoms with Gasteiger partial charge in [0.15, 0.2) is 5.78 Å². The fourth-order valence-electron chi connectivity index (χ4n) is 5.38. The third-order valence-corrected chi connectivity index (χ3v) is 8.25. The van der Waals surface area contributed by atoms with Gasteiger partial charge in [0.1, 0.15) is 18.2 Å². The highest BCUT2D eigenvalue weighted by Crippen LogP contribution is 2.47. The SMILES string of the molecule is Cc1cc(C)c(C2C(C#N)=C(N)N(c3cccc(Br)c3)C3=C2C(=O)CCC3)cc1COc1ccc(Br)cc1. The van der Waals surface area contributed by atoms with Crippen molar-refractivity contribution in [3.8, 4) is 11.8 Å². The van der Waals surface area contributed by atoms with Gasteiger partial charge in [0, 0.05) is 32.3 Å². The number of anilines is 1. The lowest BCUT2D eigenvalue weighted by Gasteiger charge is -2.40. The quantitative estimate of drug-likeness (QED) is 0.312. The molecule has 3 aromatic carbocycles. The van der Waals surface area contributed by atoms with Crippen molar-refractivity contribution in [1.29, 1.82) is 5.26 Å². The molecule has 1 atom stereocenters. The van der Waals surface area contributed by atoms with Crippen LogP contribution in [0.1, 0.15) is 47.4 Å². The number of carbonyl (C=O) groups is 1. The van der Waals surface area contributed by atoms with Gasteiger partial charge in [-0.25, -0.2) is 0 Å². The normalized spacial score (nSPS) is 17.4. The Kier molecular flexibility index (Phi) is 7.47. The molecule has 2 N–H and O–H groups in total. The minimum Gasteiger partial charge on any atom is -0.489 e. The highest BCUT2D eigenvalue weighted by Gasteiger charge is 2.41. The zero-order chi connectivity index (χ0) is 27.0. The molecule has 2 aliphatic rings. The Balaban J connectivity index is 1.62. The second-order valence-electron chi connectivity index (χ2n) is 9.67. The van der Waals surface area contributed by atoms with Crippen LogP contribution in [0.4, 0.5) is 5.69 Å². The fraction of sp³-hybridized carbons (Fsp3) is 0.226. The number of benzene rings is 3. The lowest BCUT2D eigenvalue weighted by atomic mass is 9.74. The van der Waals surface area contributed by atoms with E-state index in [1.54, 1.807) is 0 Å². The maximum absolute atomic E-state index is 13.5. The first-order chi connectivity index (χ1) is 18.3. The number of allylic oxidation sites excluding steroid dienone is 3. The Hall–Kier alpha value is -3.34. The van der Waals surface area contributed by atoms with Crippen LogP contribution in [0, 0.1) is 25.2 Å². The summed E-state index contributed by atoms with van der Waals surface area (Å²) in [6.45, 7) is 4.46. The van der Waals surface area contributed by atoms with Gasteiger partial charge in [-0.1, -0.05) is 50.1 Å². The number of ether oxygens (including phenoxy) is 1. The van der Waals surface area contributed by atoms with Crippen LogP contribution in [0.2, 0.25) is 0 Å². The molecule has 1 aliphatic carbocycles. The first-order valence-corrected chi connectivity index (χ1v) is 14.1. The second kappa shape index (κ2) is 10.8. The van der Waals surface area contributed by atoms with Crippen molar-refractivity contribution in [2.75, 3.05) is 4.90 Å². The van der Waals surface area contributed by atoms with Gasteiger partial charge in [0.2, 0.25) is 0 Å². The number of rotatable bonds is 5. The van der Waals surface area contributed by atoms with Gasteiger partial charge in [-0.2, -0.15) is 5.26 Å². The van der Waals surface area contributed by atoms with Crippen LogP contribution in [-0.4, -0.2) is 5.78 Å². The van der Waals surface area contributed by atoms with E-state index in [4.69, 9.17) is 10.5 Å². The van der Waals surface area contributed by atoms with E-state index in [1.807, 2.05) is 60.4 Å². The molecule has 5 nitrogen and oxygen atoms in total. The molecule has 3 aromatic rings. The topological polar surface area (TPSA) is 79.4 Å². The average molecular weight is 633 g/mol. The number of halogens is 2. The first kappa shape index (κ1) is 26.3. The minimum atomic E-state index is -0.516. The average Bonchev–Trinajstić information content (AvgIpc) is 2.89. The molecule has 1 unspecified atom stereocenters. The number of Topliss-reactive ketones (excluding diaryl/α,β-unsaturated/α-hetero) is 1. The second-order valence-corrected chi connectivity index (χ2v) is 11.5. The van der Waals surface area contributed by atoms with Gasteiger partial charge < -0.3 is 10.5 Å². The van der Waals surface area contributed by atoms with Crippen molar-refractivity contribution in [3.05, 3.63) is 115 Å². The Bertz CT molecular complexity index is 1530. The van der Waals surface area contributed by atoms with Crippen LogP contribution in [0.5, 0.6) is 5.75 Å². The lowest BCUT2D eigenvalue weighted by molar-refractivity contribution is -0.116. The standard InChI is InChI=1S/C31H27Br2N3O2/c1-18-13-19(2)25(14-20(18)17-38-24-11-9-21(32)10-12-24)29-26(16-34)31(35)36(23-6-3-5-22(33)15-23)27-7-4-8-28(37)30(27)29/h3,5-6,9-15,29H,4,7-8,17,35H2,1-2H3. The molecule has 0 fully saturated rings. The van der Waals surface area contributed by atoms with E-state index in [1.165, 1.54) is 0 Å². The van der Waals surface area contributed by atoms with E-state index < -0.39 is 5.92 Å². The lowest BCUT2D eigenvalue weighted by Crippen LogP contribution is -2.39. The van der Waals surface area contributed by atoms with E-state index in [-0.39, 0.29) is 5.78 Å². The molecule has 5 rings (SSSR count). The molecular formula is C31H27Br2N3O2. The summed E-state index contributed by atoms with van der Waals surface area (Å²) in [6.07, 6.45) is 1.93. The monoisotopic (exact) mass is 631 g/mol. The predicted molar refractivity (Wildman–Crippen MR) is 156 cm³/mol. The molecule has 38 heavy (non-hydrogen) atoms. The van der Waals surface area contributed by atoms with Crippen LogP contribution >= 0.6 is 31.9 Å². The van der Waals surface area contributed by atoms with Crippen molar-refractivity contribution in [3.63, 3.8) is 0 Å². The third-order valence-electron chi connectivity index (χ3n) is 7.22. The number of ketones is 1. The van der Waals surface area contributed by atoms with Crippen molar-refractivity contribution in [2.45, 2.75) is 45.6 Å². The summed E-state index contributed by atoms with van der Waals surface area (Å²) in [7, 11) is 0. The molecule has 0 aromatic heterocycles. The van der Waals surface area contributed by atoms with Gasteiger partial charge in [0.05, 0.1) is 17.6 Å². The summed E-state index contributed by atoms with van der Waals surface area (Å²) in [5.74, 6) is 0.699. The third kappa shape index (κ3) is 4.91. The Morgan fingerprint density at radius 3 is 2.50 bits per heavy atom. The summed E-state index contributed by atoms with van der Waals surface area (Å²) in [4.78, 5) is 15.4. The highest BCUT2D eigenvalue weighted by molar-refractivity contribution is 9.10. The Morgan fingerprint density at radius 1 is 1.03 bits per heavy atom. The molecule has 1 aliphatic heterocycles. The van der Waals surface area contributed by atoms with Crippen LogP contribution in [-0.2, 0) is 11.4 Å². The van der Waals surface area contributed by atoms with Gasteiger partial charge in [-0.05, 0) is 91.4 Å². The maximum atomic E-state index is 13.5. The van der Waals surface area contributed by atoms with Gasteiger partial charge in [-0.15, -0.1) is 0 Å². The predicted octanol–water partition coefficient (Wildman–Crippen LogP) is 7.71. The zero-order valence-corrected chi connectivity index (χ0v) is 24.4. The van der Waals surface area contributed by atoms with Gasteiger partial charge >= 0.3 is 0 Å². The molecule has 0 bridgehead atoms. The van der Waals surface area contributed by atoms with Crippen molar-refractivity contribution in [1.82, 2.24) is 0 Å². The largest absolute Gasteiger partial charge is 0.489 e. The summed E-state index contributed by atoms with van der Waals surface area (Å²) in [6, 6.07) is 22.1. The molecule has 0 amide bonds. The fourth-order valence-corrected chi connectivity index (χ4v) is 6.03. The maximum Gasteiger partial charge on any atom is 0.161 e. The van der Waals surface area contributed by atoms with Crippen LogP contribution < -0.4 is 15.4 Å². The number of hydrogen-bond acceptors (Lipinski definition) is 5. The smallest absolute Gasteiger partial charge is 0.161 e. The number of aryl methyl sites for hydroxylation is 2. The van der Waals surface area contributed by atoms with Crippen LogP contribution in [0.15, 0.2) is 92.3 Å². The van der Waals surface area contributed by atoms with Crippen LogP contribution in [0.25, 0.3) is 0 Å². The molecule has 7 heteroatoms. The number of nitrogens with zero attached hydrogens (tertiary/aromatic N) is 2. The Morgan fingerprint density at radius 2 is 1.79 bits per heavy atom. The van der Waals surface area contributed by atoms with E-state index in [2.05, 4.69) is 57.0 Å². The summed E-state index contributed by atoms with van der Waals surface area (Å²) in [5, 5.41) is 10.4. The van der Waals surface area contributed by atoms with Crippen molar-refractivity contribution >= 4 is 43.3 Å². The van der Waals surface area contributed by atoms with E-state index >= 15 is 0 Å². The molecule has 192 valence electrons. The van der Waals surface area contributed by atoms with Crippen molar-refractivity contribution in [2.24, 2.45) is 5.73 Å². The molecular weight excluding hydrogens is 606 g/mol. The van der Waals surface area contributed by atoms with Crippen molar-refractivity contribution < 1.29 is 9.53 Å². The minimum absolute atomic E-state index is 0.0733. The zero-order valence-electron chi connectivity index (χ0n) is 21.2. The van der Waals surface area contributed by atoms with Gasteiger partial charge in [0.25, 0.3) is 0 Å². The van der Waals surface area contributed by atoms with E-state index in [0.717, 1.165) is 54.8 Å².